The number of aromatic nitrogens is 6. The maximum Gasteiger partial charge on any atom is 0.138 e. The van der Waals surface area contributed by atoms with Crippen molar-refractivity contribution >= 4 is 21.8 Å². The van der Waals surface area contributed by atoms with E-state index in [1.807, 2.05) is 38.5 Å². The van der Waals surface area contributed by atoms with E-state index >= 15 is 0 Å². The van der Waals surface area contributed by atoms with Gasteiger partial charge in [0, 0.05) is 47.0 Å². The van der Waals surface area contributed by atoms with E-state index in [1.54, 1.807) is 24.8 Å². The second-order valence-electron chi connectivity index (χ2n) is 7.39. The van der Waals surface area contributed by atoms with Crippen LogP contribution in [-0.4, -0.2) is 62.3 Å². The highest BCUT2D eigenvalue weighted by atomic mass is 16.5. The lowest BCUT2D eigenvalue weighted by Gasteiger charge is -2.11. The number of ether oxygens (including phenoxy) is 1. The third kappa shape index (κ3) is 3.48. The largest absolute Gasteiger partial charge is 0.491 e. The monoisotopic (exact) mass is 399 g/mol. The molecule has 0 saturated heterocycles. The minimum absolute atomic E-state index is 0.603. The number of nitrogens with one attached hydrogen (secondary N) is 2. The Morgan fingerprint density at radius 2 is 1.93 bits per heavy atom. The zero-order valence-corrected chi connectivity index (χ0v) is 16.8. The maximum absolute atomic E-state index is 5.82. The van der Waals surface area contributed by atoms with Crippen molar-refractivity contribution in [3.05, 3.63) is 55.2 Å². The van der Waals surface area contributed by atoms with Crippen LogP contribution in [0.15, 0.2) is 55.2 Å². The van der Waals surface area contributed by atoms with Crippen LogP contribution in [0, 0.1) is 0 Å². The van der Waals surface area contributed by atoms with Crippen molar-refractivity contribution in [1.29, 1.82) is 0 Å². The van der Waals surface area contributed by atoms with Crippen LogP contribution in [0.3, 0.4) is 0 Å². The first-order chi connectivity index (χ1) is 14.7. The first kappa shape index (κ1) is 18.3. The molecule has 0 fully saturated rings. The van der Waals surface area contributed by atoms with E-state index in [9.17, 15) is 0 Å². The predicted molar refractivity (Wildman–Crippen MR) is 116 cm³/mol. The van der Waals surface area contributed by atoms with Crippen molar-refractivity contribution in [2.75, 3.05) is 27.2 Å². The van der Waals surface area contributed by atoms with Gasteiger partial charge in [-0.2, -0.15) is 5.10 Å². The standard InChI is InChI=1S/C22H21N7O/c1-29(2)5-6-30-16-7-14(11-24-12-16)19-9-17-21(13-25-19)27-28-22(17)20-8-15-10-23-4-3-18(15)26-20/h3-4,7-13,26H,5-6H2,1-2H3,(H,27,28). The lowest BCUT2D eigenvalue weighted by Crippen LogP contribution is -2.19. The normalized spacial score (nSPS) is 11.6. The Hall–Kier alpha value is -3.78. The van der Waals surface area contributed by atoms with Crippen LogP contribution in [-0.2, 0) is 0 Å². The van der Waals surface area contributed by atoms with Crippen molar-refractivity contribution in [3.8, 4) is 28.4 Å². The first-order valence-electron chi connectivity index (χ1n) is 9.67. The van der Waals surface area contributed by atoms with Gasteiger partial charge in [0.05, 0.1) is 29.3 Å². The Balaban J connectivity index is 1.50. The van der Waals surface area contributed by atoms with Gasteiger partial charge in [-0.05, 0) is 38.4 Å². The molecule has 0 radical (unpaired) electrons. The molecular weight excluding hydrogens is 378 g/mol. The Bertz CT molecular complexity index is 1290. The molecule has 5 rings (SSSR count). The van der Waals surface area contributed by atoms with Gasteiger partial charge in [-0.3, -0.25) is 20.1 Å². The Kier molecular flexibility index (Phi) is 4.61. The van der Waals surface area contributed by atoms with Crippen LogP contribution >= 0.6 is 0 Å². The van der Waals surface area contributed by atoms with Gasteiger partial charge in [-0.15, -0.1) is 0 Å². The smallest absolute Gasteiger partial charge is 0.138 e. The molecule has 5 aromatic rings. The Morgan fingerprint density at radius 1 is 1.00 bits per heavy atom. The summed E-state index contributed by atoms with van der Waals surface area (Å²) in [6.45, 7) is 1.44. The van der Waals surface area contributed by atoms with Gasteiger partial charge < -0.3 is 14.6 Å². The summed E-state index contributed by atoms with van der Waals surface area (Å²) < 4.78 is 5.82. The predicted octanol–water partition coefficient (Wildman–Crippen LogP) is 3.50. The molecule has 0 unspecified atom stereocenters. The molecule has 0 bridgehead atoms. The number of nitrogens with zero attached hydrogens (tertiary/aromatic N) is 5. The SMILES string of the molecule is CN(C)CCOc1cncc(-c2cc3c(-c4cc5cnccc5[nH]4)n[nH]c3cn2)c1. The van der Waals surface area contributed by atoms with Gasteiger partial charge in [-0.25, -0.2) is 0 Å². The summed E-state index contributed by atoms with van der Waals surface area (Å²) in [5.41, 5.74) is 5.38. The van der Waals surface area contributed by atoms with Crippen LogP contribution in [0.5, 0.6) is 5.75 Å². The molecule has 8 heteroatoms. The average molecular weight is 399 g/mol. The number of fused-ring (bicyclic) bond motifs is 2. The van der Waals surface area contributed by atoms with Crippen LogP contribution in [0.4, 0.5) is 0 Å². The Labute approximate surface area is 173 Å². The molecule has 2 N–H and O–H groups in total. The fourth-order valence-electron chi connectivity index (χ4n) is 3.36. The number of rotatable bonds is 6. The summed E-state index contributed by atoms with van der Waals surface area (Å²) in [5, 5.41) is 9.61. The van der Waals surface area contributed by atoms with E-state index in [0.29, 0.717) is 6.61 Å². The fraction of sp³-hybridized carbons (Fsp3) is 0.182. The molecule has 0 saturated carbocycles. The number of H-pyrrole nitrogens is 2. The maximum atomic E-state index is 5.82. The highest BCUT2D eigenvalue weighted by Crippen LogP contribution is 2.31. The summed E-state index contributed by atoms with van der Waals surface area (Å²) in [4.78, 5) is 18.6. The molecule has 0 amide bonds. The lowest BCUT2D eigenvalue weighted by molar-refractivity contribution is 0.261. The van der Waals surface area contributed by atoms with E-state index in [4.69, 9.17) is 4.74 Å². The van der Waals surface area contributed by atoms with E-state index in [1.165, 1.54) is 0 Å². The van der Waals surface area contributed by atoms with E-state index in [0.717, 1.165) is 56.7 Å². The third-order valence-corrected chi connectivity index (χ3v) is 4.94. The Morgan fingerprint density at radius 3 is 2.80 bits per heavy atom. The molecular formula is C22H21N7O. The second-order valence-corrected chi connectivity index (χ2v) is 7.39. The van der Waals surface area contributed by atoms with Crippen LogP contribution in [0.2, 0.25) is 0 Å². The van der Waals surface area contributed by atoms with Crippen molar-refractivity contribution in [2.45, 2.75) is 0 Å². The second kappa shape index (κ2) is 7.57. The molecule has 0 aromatic carbocycles. The number of hydrogen-bond donors (Lipinski definition) is 2. The average Bonchev–Trinajstić information content (AvgIpc) is 3.37. The highest BCUT2D eigenvalue weighted by molar-refractivity contribution is 5.96. The molecule has 0 spiro atoms. The van der Waals surface area contributed by atoms with Gasteiger partial charge >= 0.3 is 0 Å². The third-order valence-electron chi connectivity index (χ3n) is 4.94. The number of aromatic amines is 2. The van der Waals surface area contributed by atoms with E-state index < -0.39 is 0 Å². The topological polar surface area (TPSA) is 95.6 Å². The highest BCUT2D eigenvalue weighted by Gasteiger charge is 2.13. The van der Waals surface area contributed by atoms with Gasteiger partial charge in [0.25, 0.3) is 0 Å². The molecule has 0 aliphatic heterocycles. The molecule has 5 aromatic heterocycles. The van der Waals surface area contributed by atoms with Gasteiger partial charge in [-0.1, -0.05) is 0 Å². The minimum Gasteiger partial charge on any atom is -0.491 e. The van der Waals surface area contributed by atoms with Crippen LogP contribution in [0.25, 0.3) is 44.5 Å². The number of pyridine rings is 3. The molecule has 30 heavy (non-hydrogen) atoms. The summed E-state index contributed by atoms with van der Waals surface area (Å²) in [6.07, 6.45) is 8.92. The fourth-order valence-corrected chi connectivity index (χ4v) is 3.36. The van der Waals surface area contributed by atoms with Crippen molar-refractivity contribution in [2.24, 2.45) is 0 Å². The molecule has 0 atom stereocenters. The van der Waals surface area contributed by atoms with Crippen LogP contribution < -0.4 is 4.74 Å². The van der Waals surface area contributed by atoms with Gasteiger partial charge in [0.1, 0.15) is 18.1 Å². The van der Waals surface area contributed by atoms with Crippen molar-refractivity contribution in [3.63, 3.8) is 0 Å². The van der Waals surface area contributed by atoms with Crippen molar-refractivity contribution in [1.82, 2.24) is 35.0 Å². The molecule has 5 heterocycles. The molecule has 0 aliphatic rings. The van der Waals surface area contributed by atoms with Crippen molar-refractivity contribution < 1.29 is 4.74 Å². The summed E-state index contributed by atoms with van der Waals surface area (Å²) in [6, 6.07) is 8.00. The lowest BCUT2D eigenvalue weighted by atomic mass is 10.1. The van der Waals surface area contributed by atoms with Crippen LogP contribution in [0.1, 0.15) is 0 Å². The summed E-state index contributed by atoms with van der Waals surface area (Å²) >= 11 is 0. The van der Waals surface area contributed by atoms with Gasteiger partial charge in [0.15, 0.2) is 0 Å². The summed E-state index contributed by atoms with van der Waals surface area (Å²) in [5.74, 6) is 0.729. The quantitative estimate of drug-likeness (QED) is 0.454. The van der Waals surface area contributed by atoms with E-state index in [-0.39, 0.29) is 0 Å². The zero-order valence-electron chi connectivity index (χ0n) is 16.8. The summed E-state index contributed by atoms with van der Waals surface area (Å²) in [7, 11) is 4.03. The first-order valence-corrected chi connectivity index (χ1v) is 9.67. The molecule has 8 nitrogen and oxygen atoms in total. The minimum atomic E-state index is 0.603. The van der Waals surface area contributed by atoms with E-state index in [2.05, 4.69) is 41.1 Å². The number of likely N-dealkylation sites (N-methyl/N-ethyl adjacent to an activating group) is 1. The molecule has 150 valence electrons. The van der Waals surface area contributed by atoms with Gasteiger partial charge in [0.2, 0.25) is 0 Å². The zero-order chi connectivity index (χ0) is 20.5. The molecule has 0 aliphatic carbocycles. The number of hydrogen-bond acceptors (Lipinski definition) is 6.